The van der Waals surface area contributed by atoms with E-state index in [-0.39, 0.29) is 18.6 Å². The molecule has 0 aliphatic carbocycles. The molecule has 1 N–H and O–H groups in total. The Balaban J connectivity index is 1.49. The molecule has 2 aromatic carbocycles. The molecule has 1 saturated heterocycles. The molecule has 32 heavy (non-hydrogen) atoms. The van der Waals surface area contributed by atoms with E-state index in [2.05, 4.69) is 41.4 Å². The van der Waals surface area contributed by atoms with Gasteiger partial charge in [0.1, 0.15) is 5.75 Å². The molecule has 8 heteroatoms. The number of carbonyl (C=O) groups excluding carboxylic acids is 1. The first kappa shape index (κ1) is 23.9. The number of amides is 1. The zero-order valence-electron chi connectivity index (χ0n) is 19.2. The number of benzene rings is 2. The van der Waals surface area contributed by atoms with Gasteiger partial charge in [0, 0.05) is 25.8 Å². The van der Waals surface area contributed by atoms with Crippen LogP contribution in [0.3, 0.4) is 0 Å². The highest BCUT2D eigenvalue weighted by Crippen LogP contribution is 2.25. The van der Waals surface area contributed by atoms with Crippen LogP contribution >= 0.6 is 0 Å². The summed E-state index contributed by atoms with van der Waals surface area (Å²) in [4.78, 5) is 14.7. The SMILES string of the molecule is CC1CCCN(c2ccc(C(C)NC(=O)COc3ccc(N(C)S(C)(=O)=O)cc3)cc2)C1. The zero-order chi connectivity index (χ0) is 23.3. The van der Waals surface area contributed by atoms with Gasteiger partial charge in [0.05, 0.1) is 18.0 Å². The monoisotopic (exact) mass is 459 g/mol. The maximum atomic E-state index is 12.3. The van der Waals surface area contributed by atoms with E-state index in [1.807, 2.05) is 6.92 Å². The lowest BCUT2D eigenvalue weighted by Gasteiger charge is -2.33. The van der Waals surface area contributed by atoms with Crippen LogP contribution in [-0.2, 0) is 14.8 Å². The Morgan fingerprint density at radius 2 is 1.84 bits per heavy atom. The van der Waals surface area contributed by atoms with Gasteiger partial charge in [0.15, 0.2) is 6.61 Å². The fraction of sp³-hybridized carbons (Fsp3) is 0.458. The molecular weight excluding hydrogens is 426 g/mol. The first-order valence-electron chi connectivity index (χ1n) is 10.9. The molecule has 0 radical (unpaired) electrons. The van der Waals surface area contributed by atoms with E-state index in [1.165, 1.54) is 29.9 Å². The van der Waals surface area contributed by atoms with E-state index >= 15 is 0 Å². The summed E-state index contributed by atoms with van der Waals surface area (Å²) < 4.78 is 29.9. The highest BCUT2D eigenvalue weighted by molar-refractivity contribution is 7.92. The Morgan fingerprint density at radius 1 is 1.19 bits per heavy atom. The summed E-state index contributed by atoms with van der Waals surface area (Å²) >= 11 is 0. The number of carbonyl (C=O) groups is 1. The van der Waals surface area contributed by atoms with Crippen LogP contribution in [0, 0.1) is 5.92 Å². The van der Waals surface area contributed by atoms with Crippen molar-refractivity contribution in [1.82, 2.24) is 5.32 Å². The minimum Gasteiger partial charge on any atom is -0.484 e. The Bertz CT molecular complexity index is 1010. The average molecular weight is 460 g/mol. The minimum absolute atomic E-state index is 0.116. The number of piperidine rings is 1. The first-order chi connectivity index (χ1) is 15.1. The van der Waals surface area contributed by atoms with Crippen LogP contribution in [0.25, 0.3) is 0 Å². The molecule has 2 atom stereocenters. The van der Waals surface area contributed by atoms with Gasteiger partial charge in [0.25, 0.3) is 5.91 Å². The third-order valence-electron chi connectivity index (χ3n) is 5.86. The lowest BCUT2D eigenvalue weighted by molar-refractivity contribution is -0.123. The molecular formula is C24H33N3O4S. The maximum absolute atomic E-state index is 12.3. The van der Waals surface area contributed by atoms with Gasteiger partial charge in [-0.3, -0.25) is 9.10 Å². The molecule has 2 unspecified atom stereocenters. The lowest BCUT2D eigenvalue weighted by atomic mass is 9.99. The van der Waals surface area contributed by atoms with E-state index in [0.717, 1.165) is 30.8 Å². The van der Waals surface area contributed by atoms with E-state index < -0.39 is 10.0 Å². The van der Waals surface area contributed by atoms with Crippen LogP contribution in [-0.4, -0.2) is 47.3 Å². The van der Waals surface area contributed by atoms with Crippen molar-refractivity contribution >= 4 is 27.3 Å². The van der Waals surface area contributed by atoms with Crippen LogP contribution in [0.2, 0.25) is 0 Å². The minimum atomic E-state index is -3.32. The van der Waals surface area contributed by atoms with Gasteiger partial charge in [-0.1, -0.05) is 19.1 Å². The van der Waals surface area contributed by atoms with Gasteiger partial charge < -0.3 is 15.0 Å². The van der Waals surface area contributed by atoms with Crippen molar-refractivity contribution in [1.29, 1.82) is 0 Å². The molecule has 2 aromatic rings. The van der Waals surface area contributed by atoms with Crippen molar-refractivity contribution in [2.24, 2.45) is 5.92 Å². The fourth-order valence-electron chi connectivity index (χ4n) is 3.86. The number of hydrogen-bond donors (Lipinski definition) is 1. The van der Waals surface area contributed by atoms with Crippen LogP contribution < -0.4 is 19.3 Å². The third kappa shape index (κ3) is 6.38. The molecule has 7 nitrogen and oxygen atoms in total. The second-order valence-corrected chi connectivity index (χ2v) is 10.6. The number of nitrogens with one attached hydrogen (secondary N) is 1. The topological polar surface area (TPSA) is 79.0 Å². The third-order valence-corrected chi connectivity index (χ3v) is 7.07. The molecule has 0 spiro atoms. The number of sulfonamides is 1. The van der Waals surface area contributed by atoms with E-state index in [1.54, 1.807) is 24.3 Å². The van der Waals surface area contributed by atoms with Crippen LogP contribution in [0.5, 0.6) is 5.75 Å². The summed E-state index contributed by atoms with van der Waals surface area (Å²) in [6, 6.07) is 14.8. The molecule has 1 amide bonds. The predicted octanol–water partition coefficient (Wildman–Crippen LogP) is 3.57. The van der Waals surface area contributed by atoms with Gasteiger partial charge in [-0.15, -0.1) is 0 Å². The molecule has 1 aliphatic rings. The van der Waals surface area contributed by atoms with Gasteiger partial charge in [-0.05, 0) is 67.6 Å². The lowest BCUT2D eigenvalue weighted by Crippen LogP contribution is -2.34. The second-order valence-electron chi connectivity index (χ2n) is 8.59. The molecule has 1 heterocycles. The van der Waals surface area contributed by atoms with Gasteiger partial charge >= 0.3 is 0 Å². The number of nitrogens with zero attached hydrogens (tertiary/aromatic N) is 2. The Kier molecular flexibility index (Phi) is 7.66. The first-order valence-corrected chi connectivity index (χ1v) is 12.8. The largest absolute Gasteiger partial charge is 0.484 e. The van der Waals surface area contributed by atoms with Crippen molar-refractivity contribution in [2.45, 2.75) is 32.7 Å². The summed E-state index contributed by atoms with van der Waals surface area (Å²) in [6.45, 7) is 6.32. The zero-order valence-corrected chi connectivity index (χ0v) is 20.1. The van der Waals surface area contributed by atoms with Crippen molar-refractivity contribution in [3.8, 4) is 5.75 Å². The molecule has 0 bridgehead atoms. The van der Waals surface area contributed by atoms with E-state index in [9.17, 15) is 13.2 Å². The molecule has 174 valence electrons. The molecule has 0 aromatic heterocycles. The molecule has 1 aliphatic heterocycles. The smallest absolute Gasteiger partial charge is 0.258 e. The average Bonchev–Trinajstić information content (AvgIpc) is 2.77. The second kappa shape index (κ2) is 10.3. The van der Waals surface area contributed by atoms with E-state index in [4.69, 9.17) is 4.74 Å². The summed E-state index contributed by atoms with van der Waals surface area (Å²) in [5.41, 5.74) is 2.80. The van der Waals surface area contributed by atoms with Crippen molar-refractivity contribution in [2.75, 3.05) is 42.2 Å². The standard InChI is InChI=1S/C24H33N3O4S/c1-18-6-5-15-27(16-18)22-9-7-20(8-10-22)19(2)25-24(28)17-31-23-13-11-21(12-14-23)26(3)32(4,29)30/h7-14,18-19H,5-6,15-17H2,1-4H3,(H,25,28). The molecule has 0 saturated carbocycles. The Morgan fingerprint density at radius 3 is 2.44 bits per heavy atom. The molecule has 3 rings (SSSR count). The Labute approximate surface area is 191 Å². The maximum Gasteiger partial charge on any atom is 0.258 e. The van der Waals surface area contributed by atoms with Gasteiger partial charge in [0.2, 0.25) is 10.0 Å². The summed E-state index contributed by atoms with van der Waals surface area (Å²) in [5.74, 6) is 1.00. The highest BCUT2D eigenvalue weighted by atomic mass is 32.2. The number of anilines is 2. The van der Waals surface area contributed by atoms with Crippen LogP contribution in [0.4, 0.5) is 11.4 Å². The predicted molar refractivity (Wildman–Crippen MR) is 129 cm³/mol. The number of rotatable bonds is 8. The summed E-state index contributed by atoms with van der Waals surface area (Å²) in [7, 11) is -1.83. The van der Waals surface area contributed by atoms with Gasteiger partial charge in [-0.2, -0.15) is 0 Å². The Hall–Kier alpha value is -2.74. The van der Waals surface area contributed by atoms with Gasteiger partial charge in [-0.25, -0.2) is 8.42 Å². The van der Waals surface area contributed by atoms with E-state index in [0.29, 0.717) is 11.4 Å². The van der Waals surface area contributed by atoms with Crippen molar-refractivity contribution < 1.29 is 17.9 Å². The number of hydrogen-bond acceptors (Lipinski definition) is 5. The quantitative estimate of drug-likeness (QED) is 0.653. The molecule has 1 fully saturated rings. The van der Waals surface area contributed by atoms with Crippen molar-refractivity contribution in [3.63, 3.8) is 0 Å². The fourth-order valence-corrected chi connectivity index (χ4v) is 4.36. The normalized spacial score (nSPS) is 17.5. The summed E-state index contributed by atoms with van der Waals surface area (Å²) in [5, 5.41) is 2.96. The van der Waals surface area contributed by atoms with Crippen LogP contribution in [0.1, 0.15) is 38.3 Å². The summed E-state index contributed by atoms with van der Waals surface area (Å²) in [6.07, 6.45) is 3.67. The van der Waals surface area contributed by atoms with Crippen molar-refractivity contribution in [3.05, 3.63) is 54.1 Å². The van der Waals surface area contributed by atoms with Crippen LogP contribution in [0.15, 0.2) is 48.5 Å². The highest BCUT2D eigenvalue weighted by Gasteiger charge is 2.17. The number of ether oxygens (including phenoxy) is 1.